The van der Waals surface area contributed by atoms with Crippen molar-refractivity contribution in [3.63, 3.8) is 0 Å². The van der Waals surface area contributed by atoms with E-state index in [-0.39, 0.29) is 16.9 Å². The first-order chi connectivity index (χ1) is 13.2. The molecule has 1 aromatic heterocycles. The van der Waals surface area contributed by atoms with Crippen LogP contribution in [-0.2, 0) is 10.9 Å². The van der Waals surface area contributed by atoms with Crippen LogP contribution in [0.25, 0.3) is 11.0 Å². The lowest BCUT2D eigenvalue weighted by molar-refractivity contribution is -0.154. The SMILES string of the molecule is COC(=O)Oc1ccc2c(=O)c(Oc3ccccc3Br)c(C(F)(F)F)oc2c1. The Balaban J connectivity index is 2.19. The van der Waals surface area contributed by atoms with Gasteiger partial charge in [0.1, 0.15) is 17.1 Å². The second kappa shape index (κ2) is 7.55. The predicted octanol–water partition coefficient (Wildman–Crippen LogP) is 5.51. The quantitative estimate of drug-likeness (QED) is 0.380. The molecule has 2 aromatic carbocycles. The summed E-state index contributed by atoms with van der Waals surface area (Å²) in [5.74, 6) is -2.77. The van der Waals surface area contributed by atoms with E-state index >= 15 is 0 Å². The van der Waals surface area contributed by atoms with Gasteiger partial charge in [-0.15, -0.1) is 0 Å². The third-order valence-electron chi connectivity index (χ3n) is 3.50. The van der Waals surface area contributed by atoms with Gasteiger partial charge in [0.25, 0.3) is 5.76 Å². The summed E-state index contributed by atoms with van der Waals surface area (Å²) >= 11 is 3.14. The zero-order valence-corrected chi connectivity index (χ0v) is 15.6. The summed E-state index contributed by atoms with van der Waals surface area (Å²) in [6, 6.07) is 9.45. The van der Waals surface area contributed by atoms with Crippen LogP contribution in [0.4, 0.5) is 18.0 Å². The maximum Gasteiger partial charge on any atom is 0.513 e. The highest BCUT2D eigenvalue weighted by molar-refractivity contribution is 9.10. The number of halogens is 4. The predicted molar refractivity (Wildman–Crippen MR) is 94.7 cm³/mol. The lowest BCUT2D eigenvalue weighted by atomic mass is 10.2. The van der Waals surface area contributed by atoms with E-state index < -0.39 is 34.9 Å². The van der Waals surface area contributed by atoms with Crippen molar-refractivity contribution in [1.29, 1.82) is 0 Å². The molecule has 0 aliphatic carbocycles. The molecule has 0 atom stereocenters. The van der Waals surface area contributed by atoms with Crippen LogP contribution in [0.5, 0.6) is 17.2 Å². The number of ether oxygens (including phenoxy) is 3. The smallest absolute Gasteiger partial charge is 0.448 e. The van der Waals surface area contributed by atoms with Crippen LogP contribution in [0.3, 0.4) is 0 Å². The highest BCUT2D eigenvalue weighted by Gasteiger charge is 2.40. The fourth-order valence-corrected chi connectivity index (χ4v) is 2.64. The standard InChI is InChI=1S/C18H10BrF3O6/c1-25-17(24)26-9-6-7-10-13(8-9)28-16(18(20,21)22)15(14(10)23)27-12-5-3-2-4-11(12)19/h2-8H,1H3. The molecule has 0 aliphatic rings. The van der Waals surface area contributed by atoms with Gasteiger partial charge in [0, 0.05) is 6.07 Å². The van der Waals surface area contributed by atoms with Crippen LogP contribution in [0, 0.1) is 0 Å². The summed E-state index contributed by atoms with van der Waals surface area (Å²) in [6.07, 6.45) is -6.09. The zero-order valence-electron chi connectivity index (χ0n) is 14.0. The minimum Gasteiger partial charge on any atom is -0.448 e. The molecule has 0 saturated carbocycles. The molecule has 0 saturated heterocycles. The lowest BCUT2D eigenvalue weighted by Gasteiger charge is -2.14. The molecule has 1 heterocycles. The van der Waals surface area contributed by atoms with Crippen molar-refractivity contribution in [3.8, 4) is 17.2 Å². The van der Waals surface area contributed by atoms with Gasteiger partial charge in [0.2, 0.25) is 11.2 Å². The second-order valence-electron chi connectivity index (χ2n) is 5.33. The van der Waals surface area contributed by atoms with Crippen LogP contribution in [0.2, 0.25) is 0 Å². The monoisotopic (exact) mass is 458 g/mol. The number of carbonyl (C=O) groups is 1. The number of methoxy groups -OCH3 is 1. The molecule has 0 spiro atoms. The Kier molecular flexibility index (Phi) is 5.32. The molecule has 0 amide bonds. The molecule has 3 aromatic rings. The Morgan fingerprint density at radius 3 is 2.50 bits per heavy atom. The number of rotatable bonds is 3. The van der Waals surface area contributed by atoms with Crippen molar-refractivity contribution < 1.29 is 36.6 Å². The fraction of sp³-hybridized carbons (Fsp3) is 0.111. The number of carbonyl (C=O) groups excluding carboxylic acids is 1. The van der Waals surface area contributed by atoms with Crippen molar-refractivity contribution >= 4 is 33.1 Å². The summed E-state index contributed by atoms with van der Waals surface area (Å²) < 4.78 is 60.0. The molecule has 0 bridgehead atoms. The van der Waals surface area contributed by atoms with Crippen LogP contribution >= 0.6 is 15.9 Å². The fourth-order valence-electron chi connectivity index (χ4n) is 2.27. The van der Waals surface area contributed by atoms with Gasteiger partial charge >= 0.3 is 12.3 Å². The van der Waals surface area contributed by atoms with Gasteiger partial charge in [-0.25, -0.2) is 4.79 Å². The van der Waals surface area contributed by atoms with E-state index in [1.165, 1.54) is 18.2 Å². The number of alkyl halides is 3. The van der Waals surface area contributed by atoms with Gasteiger partial charge in [0.15, 0.2) is 0 Å². The number of fused-ring (bicyclic) bond motifs is 1. The van der Waals surface area contributed by atoms with Crippen LogP contribution in [0.1, 0.15) is 5.76 Å². The molecule has 146 valence electrons. The zero-order chi connectivity index (χ0) is 20.5. The molecule has 10 heteroatoms. The van der Waals surface area contributed by atoms with Crippen LogP contribution in [0.15, 0.2) is 56.1 Å². The number of benzene rings is 2. The summed E-state index contributed by atoms with van der Waals surface area (Å²) in [7, 11) is 1.07. The first-order valence-corrected chi connectivity index (χ1v) is 8.36. The molecule has 0 N–H and O–H groups in total. The summed E-state index contributed by atoms with van der Waals surface area (Å²) in [5.41, 5.74) is -1.47. The van der Waals surface area contributed by atoms with Gasteiger partial charge in [-0.3, -0.25) is 4.79 Å². The summed E-state index contributed by atoms with van der Waals surface area (Å²) in [6.45, 7) is 0. The second-order valence-corrected chi connectivity index (χ2v) is 6.19. The van der Waals surface area contributed by atoms with Crippen LogP contribution in [-0.4, -0.2) is 13.3 Å². The van der Waals surface area contributed by atoms with E-state index in [0.717, 1.165) is 19.2 Å². The van der Waals surface area contributed by atoms with Gasteiger partial charge in [-0.2, -0.15) is 13.2 Å². The molecular formula is C18H10BrF3O6. The maximum absolute atomic E-state index is 13.5. The topological polar surface area (TPSA) is 75.0 Å². The molecule has 0 radical (unpaired) electrons. The summed E-state index contributed by atoms with van der Waals surface area (Å²) in [5, 5.41) is -0.188. The van der Waals surface area contributed by atoms with Crippen molar-refractivity contribution in [2.45, 2.75) is 6.18 Å². The number of hydrogen-bond acceptors (Lipinski definition) is 6. The van der Waals surface area contributed by atoms with E-state index in [0.29, 0.717) is 4.47 Å². The minimum atomic E-state index is -5.01. The first-order valence-electron chi connectivity index (χ1n) is 7.57. The molecule has 3 rings (SSSR count). The van der Waals surface area contributed by atoms with E-state index in [1.54, 1.807) is 12.1 Å². The Bertz CT molecular complexity index is 1110. The van der Waals surface area contributed by atoms with Crippen molar-refractivity contribution in [1.82, 2.24) is 0 Å². The van der Waals surface area contributed by atoms with E-state index in [9.17, 15) is 22.8 Å². The van der Waals surface area contributed by atoms with Gasteiger partial charge in [0.05, 0.1) is 17.0 Å². The molecular weight excluding hydrogens is 449 g/mol. The van der Waals surface area contributed by atoms with Crippen LogP contribution < -0.4 is 14.9 Å². The van der Waals surface area contributed by atoms with Crippen molar-refractivity contribution in [2.75, 3.05) is 7.11 Å². The van der Waals surface area contributed by atoms with E-state index in [1.807, 2.05) is 0 Å². The average Bonchev–Trinajstić information content (AvgIpc) is 2.64. The van der Waals surface area contributed by atoms with E-state index in [2.05, 4.69) is 20.7 Å². The summed E-state index contributed by atoms with van der Waals surface area (Å²) in [4.78, 5) is 23.8. The Morgan fingerprint density at radius 1 is 1.14 bits per heavy atom. The largest absolute Gasteiger partial charge is 0.513 e. The Morgan fingerprint density at radius 2 is 1.86 bits per heavy atom. The Labute approximate surface area is 163 Å². The van der Waals surface area contributed by atoms with Gasteiger partial charge in [-0.1, -0.05) is 12.1 Å². The van der Waals surface area contributed by atoms with Crippen molar-refractivity contribution in [3.05, 3.63) is 62.9 Å². The number of hydrogen-bond donors (Lipinski definition) is 0. The lowest BCUT2D eigenvalue weighted by Crippen LogP contribution is -2.15. The number of para-hydroxylation sites is 1. The molecule has 6 nitrogen and oxygen atoms in total. The normalized spacial score (nSPS) is 11.3. The highest BCUT2D eigenvalue weighted by Crippen LogP contribution is 2.39. The highest BCUT2D eigenvalue weighted by atomic mass is 79.9. The third-order valence-corrected chi connectivity index (χ3v) is 4.15. The molecule has 0 unspecified atom stereocenters. The average molecular weight is 459 g/mol. The molecule has 0 aliphatic heterocycles. The van der Waals surface area contributed by atoms with Crippen molar-refractivity contribution in [2.24, 2.45) is 0 Å². The van der Waals surface area contributed by atoms with Gasteiger partial charge in [-0.05, 0) is 40.2 Å². The third kappa shape index (κ3) is 3.96. The Hall–Kier alpha value is -3.01. The van der Waals surface area contributed by atoms with Gasteiger partial charge < -0.3 is 18.6 Å². The first kappa shape index (κ1) is 19.7. The minimum absolute atomic E-state index is 0.00490. The van der Waals surface area contributed by atoms with E-state index in [4.69, 9.17) is 13.9 Å². The molecule has 28 heavy (non-hydrogen) atoms. The molecule has 0 fully saturated rings. The maximum atomic E-state index is 13.5.